The summed E-state index contributed by atoms with van der Waals surface area (Å²) < 4.78 is 493. The molecule has 21 rings (SSSR count). The van der Waals surface area contributed by atoms with E-state index in [4.69, 9.17) is 56.8 Å². The molecule has 0 saturated heterocycles. The Morgan fingerprint density at radius 2 is 0.543 bits per heavy atom. The molecule has 2 heteroatoms. The molecule has 0 unspecified atom stereocenters. The lowest BCUT2D eigenvalue weighted by Gasteiger charge is -2.20. The van der Waals surface area contributed by atoms with E-state index in [1.54, 1.807) is 0 Å². The minimum absolute atomic E-state index is 0.250. The minimum Gasteiger partial charge on any atom is -0.455 e. The highest BCUT2D eigenvalue weighted by Crippen LogP contribution is 2.52. The summed E-state index contributed by atoms with van der Waals surface area (Å²) in [6, 6.07) is -44.9. The van der Waals surface area contributed by atoms with Gasteiger partial charge < -0.3 is 8.83 Å². The second-order valence-corrected chi connectivity index (χ2v) is 21.1. The highest BCUT2D eigenvalue weighted by atomic mass is 16.3. The van der Waals surface area contributed by atoms with E-state index >= 15 is 0 Å². The average Bonchev–Trinajstić information content (AvgIpc) is 1.32. The summed E-state index contributed by atoms with van der Waals surface area (Å²) in [7, 11) is 0. The van der Waals surface area contributed by atoms with Crippen LogP contribution in [0.2, 0.25) is 0 Å². The molecule has 0 saturated carbocycles. The van der Waals surface area contributed by atoms with E-state index in [-0.39, 0.29) is 10.8 Å². The van der Waals surface area contributed by atoms with E-state index in [1.165, 1.54) is 0 Å². The lowest BCUT2D eigenvalue weighted by Crippen LogP contribution is -1.93. The molecule has 0 atom stereocenters. The molecule has 0 bridgehead atoms. The molecule has 0 aliphatic rings. The van der Waals surface area contributed by atoms with Gasteiger partial charge in [0, 0.05) is 32.3 Å². The first kappa shape index (κ1) is 22.5. The Morgan fingerprint density at radius 1 is 0.191 bits per heavy atom. The Morgan fingerprint density at radius 3 is 1.03 bits per heavy atom. The van der Waals surface area contributed by atoms with Crippen molar-refractivity contribution in [2.24, 2.45) is 0 Å². The maximum absolute atomic E-state index is 10.1. The molecule has 2 nitrogen and oxygen atoms in total. The standard InChI is InChI=1S/C48H28O.C44H26O/c1-3-14-32-29(12-1)24-25-31-28-42(34-16-5-6-17-35(34)44(31)32)46-38-20-9-7-18-36(38)45(37-19-8-10-21-39(37)46)40-22-11-23-43-47(40)41-27-26-30-13-2-4-15-33(30)48(41)49-43;1-3-12-31-27(10-1)20-21-29-26-30(23-24-32(29)31)41-34-14-5-7-16-36(34)42(37-17-8-6-15-35(37)41)38-18-9-19-40-43(38)39-25-22-28-11-2-4-13-33(28)44(39)45-40/h1-28H;1-26H/i1D,2D,3D,4D,5D,6D,7D,8D,9D,10D,11D,12D,13D,14D,15D,16D,17D,18D,19D,20D,21D,22D,23D,24D,25D,26D,27D,28D;1D,2D,3D,4D,5D,6D,7D,8D,9D,10D,11D,12D,13D,14D,15D,16D,17D,18D,19D,20D,21D,22D,23D,25D,26D. The van der Waals surface area contributed by atoms with E-state index in [9.17, 15) is 24.7 Å². The van der Waals surface area contributed by atoms with Gasteiger partial charge in [-0.05, 0) is 188 Å². The molecular weight excluding hydrogens is 1140 g/mol. The molecule has 0 aliphatic carbocycles. The Hall–Kier alpha value is -12.4. The second kappa shape index (κ2) is 20.6. The first-order chi connectivity index (χ1) is 68.7. The molecule has 0 radical (unpaired) electrons. The number of benzene rings is 19. The van der Waals surface area contributed by atoms with Crippen LogP contribution in [0.25, 0.3) is 207 Å². The van der Waals surface area contributed by atoms with Gasteiger partial charge in [0.05, 0.1) is 72.7 Å². The van der Waals surface area contributed by atoms with Gasteiger partial charge in [0.25, 0.3) is 0 Å². The third kappa shape index (κ3) is 7.78. The molecule has 0 aliphatic heterocycles. The Kier molecular flexibility index (Phi) is 4.92. The third-order valence-electron chi connectivity index (χ3n) is 16.3. The zero-order chi connectivity index (χ0) is 108. The zero-order valence-electron chi connectivity index (χ0n) is 99.9. The van der Waals surface area contributed by atoms with Crippen molar-refractivity contribution in [1.29, 1.82) is 0 Å². The van der Waals surface area contributed by atoms with E-state index in [0.717, 1.165) is 6.07 Å². The van der Waals surface area contributed by atoms with Crippen LogP contribution in [-0.4, -0.2) is 0 Å². The van der Waals surface area contributed by atoms with Crippen LogP contribution in [0.15, 0.2) is 335 Å². The molecule has 0 amide bonds. The fraction of sp³-hybridized carbons (Fsp3) is 0. The number of hydrogen-bond acceptors (Lipinski definition) is 2. The van der Waals surface area contributed by atoms with Crippen molar-refractivity contribution < 1.29 is 81.5 Å². The van der Waals surface area contributed by atoms with Crippen molar-refractivity contribution in [3.05, 3.63) is 326 Å². The van der Waals surface area contributed by atoms with Gasteiger partial charge in [-0.25, -0.2) is 0 Å². The molecular formula is C92H54O2. The van der Waals surface area contributed by atoms with Gasteiger partial charge in [0.1, 0.15) is 22.3 Å². The molecule has 2 aromatic heterocycles. The molecule has 94 heavy (non-hydrogen) atoms. The van der Waals surface area contributed by atoms with E-state index in [0.29, 0.717) is 0 Å². The van der Waals surface area contributed by atoms with Crippen LogP contribution in [0.5, 0.6) is 0 Å². The summed E-state index contributed by atoms with van der Waals surface area (Å²) in [4.78, 5) is 0. The molecule has 0 fully saturated rings. The van der Waals surface area contributed by atoms with Crippen molar-refractivity contribution in [1.82, 2.24) is 0 Å². The Balaban J connectivity index is 0.000000179. The van der Waals surface area contributed by atoms with Gasteiger partial charge in [-0.1, -0.05) is 290 Å². The van der Waals surface area contributed by atoms with Crippen LogP contribution < -0.4 is 0 Å². The first-order valence-corrected chi connectivity index (χ1v) is 28.1. The average molecular weight is 1240 g/mol. The Labute approximate surface area is 614 Å². The maximum atomic E-state index is 10.1. The number of rotatable bonds is 4. The summed E-state index contributed by atoms with van der Waals surface area (Å²) in [5.74, 6) is 0. The topological polar surface area (TPSA) is 26.3 Å². The highest BCUT2D eigenvalue weighted by molar-refractivity contribution is 6.32. The summed E-state index contributed by atoms with van der Waals surface area (Å²) in [6.07, 6.45) is 0. The van der Waals surface area contributed by atoms with Gasteiger partial charge in [0.15, 0.2) is 0 Å². The van der Waals surface area contributed by atoms with E-state index in [1.807, 2.05) is 0 Å². The number of furan rings is 2. The van der Waals surface area contributed by atoms with Crippen LogP contribution in [-0.2, 0) is 0 Å². The van der Waals surface area contributed by atoms with Crippen LogP contribution in [0.3, 0.4) is 0 Å². The predicted octanol–water partition coefficient (Wildman–Crippen LogP) is 26.5. The minimum atomic E-state index is -1.03. The fourth-order valence-corrected chi connectivity index (χ4v) is 12.5. The van der Waals surface area contributed by atoms with Crippen molar-refractivity contribution in [3.8, 4) is 44.5 Å². The highest BCUT2D eigenvalue weighted by Gasteiger charge is 2.25. The summed E-state index contributed by atoms with van der Waals surface area (Å²) in [5, 5.41) is -14.5. The zero-order valence-corrected chi connectivity index (χ0v) is 46.9. The lowest BCUT2D eigenvalue weighted by atomic mass is 9.83. The quantitative estimate of drug-likeness (QED) is 0.130. The first-order valence-electron chi connectivity index (χ1n) is 54.6. The predicted molar refractivity (Wildman–Crippen MR) is 402 cm³/mol. The fourth-order valence-electron chi connectivity index (χ4n) is 12.5. The summed E-state index contributed by atoms with van der Waals surface area (Å²) >= 11 is 0. The normalized spacial score (nSPS) is 19.9. The smallest absolute Gasteiger partial charge is 0.143 e. The van der Waals surface area contributed by atoms with Crippen LogP contribution in [0.4, 0.5) is 0 Å². The molecule has 2 heterocycles. The van der Waals surface area contributed by atoms with Gasteiger partial charge in [-0.3, -0.25) is 0 Å². The summed E-state index contributed by atoms with van der Waals surface area (Å²) in [6.45, 7) is 0. The van der Waals surface area contributed by atoms with E-state index in [2.05, 4.69) is 0 Å². The van der Waals surface area contributed by atoms with Crippen LogP contribution >= 0.6 is 0 Å². The van der Waals surface area contributed by atoms with Gasteiger partial charge in [0.2, 0.25) is 0 Å². The third-order valence-corrected chi connectivity index (χ3v) is 16.3. The molecule has 434 valence electrons. The van der Waals surface area contributed by atoms with Crippen LogP contribution in [0.1, 0.15) is 72.7 Å². The lowest BCUT2D eigenvalue weighted by molar-refractivity contribution is 0.672. The molecule has 0 N–H and O–H groups in total. The largest absolute Gasteiger partial charge is 0.455 e. The Bertz CT molecular complexity index is 9980. The summed E-state index contributed by atoms with van der Waals surface area (Å²) in [5.41, 5.74) is -7.70. The number of hydrogen-bond donors (Lipinski definition) is 0. The second-order valence-electron chi connectivity index (χ2n) is 21.1. The molecule has 19 aromatic carbocycles. The van der Waals surface area contributed by atoms with Crippen molar-refractivity contribution >= 4 is 162 Å². The van der Waals surface area contributed by atoms with Gasteiger partial charge >= 0.3 is 0 Å². The number of fused-ring (bicyclic) bond motifs is 22. The molecule has 0 spiro atoms. The monoisotopic (exact) mass is 1240 g/mol. The molecule has 21 aromatic rings. The van der Waals surface area contributed by atoms with Gasteiger partial charge in [-0.15, -0.1) is 0 Å². The van der Waals surface area contributed by atoms with Crippen molar-refractivity contribution in [2.75, 3.05) is 0 Å². The van der Waals surface area contributed by atoms with Crippen molar-refractivity contribution in [3.63, 3.8) is 0 Å². The SMILES string of the molecule is [2H]c1c([2H])c(-c2c3c([2H])c([2H])c([2H])c([2H])c3c(-c3c([2H])c4c([2H])c([2H])c5c([2H])c([2H])c([2H])c([2H])c5c4c4c([2H])c([2H])c([2H])c([2H])c34)c3c([2H])c([2H])c([2H])c([2H])c23)c2c(oc3c4c([2H])c([2H])c([2H])c([2H])c4c([2H])c([2H])c32)c1[2H].[2H]c1cc2c(c([2H])c1-c1c3c([2H])c([2H])c([2H])c([2H])c3c(-c3c([2H])c([2H])c([2H])c4oc5c6c([2H])c([2H])c([2H])c([2H])c6c([2H])c([2H])c5c34)c3c([2H])c([2H])c([2H])c([2H])c13)c([2H])c([2H])c1c([2H])c([2H])c([2H])c([2H])c12. The van der Waals surface area contributed by atoms with Crippen molar-refractivity contribution in [2.45, 2.75) is 0 Å². The maximum Gasteiger partial charge on any atom is 0.143 e. The van der Waals surface area contributed by atoms with Gasteiger partial charge in [-0.2, -0.15) is 0 Å². The van der Waals surface area contributed by atoms with Crippen LogP contribution in [0, 0.1) is 0 Å². The van der Waals surface area contributed by atoms with E-state index < -0.39 is 516 Å².